The molecule has 0 saturated carbocycles. The summed E-state index contributed by atoms with van der Waals surface area (Å²) in [6.07, 6.45) is 2.60. The summed E-state index contributed by atoms with van der Waals surface area (Å²) in [6, 6.07) is 6.62. The fraction of sp³-hybridized carbons (Fsp3) is 0.571. The molecule has 1 saturated heterocycles. The fourth-order valence-electron chi connectivity index (χ4n) is 2.15. The second kappa shape index (κ2) is 6.90. The zero-order chi connectivity index (χ0) is 12.8. The average Bonchev–Trinajstić information content (AvgIpc) is 2.46. The third-order valence-corrected chi connectivity index (χ3v) is 4.45. The predicted molar refractivity (Wildman–Crippen MR) is 76.7 cm³/mol. The number of benzene rings is 1. The highest BCUT2D eigenvalue weighted by atomic mass is 32.2. The van der Waals surface area contributed by atoms with Gasteiger partial charge in [0.2, 0.25) is 0 Å². The average molecular weight is 267 g/mol. The standard InChI is InChI=1S/C14H21NO2S/c1-16-13-6-5-11(14(8-13)17-2)9-15-12-4-3-7-18-10-12/h5-6,8,12,15H,3-4,7,9-10H2,1-2H3. The lowest BCUT2D eigenvalue weighted by Gasteiger charge is -2.23. The Kier molecular flexibility index (Phi) is 5.20. The first-order valence-electron chi connectivity index (χ1n) is 6.35. The topological polar surface area (TPSA) is 30.5 Å². The molecular weight excluding hydrogens is 246 g/mol. The zero-order valence-electron chi connectivity index (χ0n) is 11.1. The molecule has 1 aliphatic rings. The van der Waals surface area contributed by atoms with Gasteiger partial charge < -0.3 is 14.8 Å². The van der Waals surface area contributed by atoms with Crippen molar-refractivity contribution in [3.05, 3.63) is 23.8 Å². The van der Waals surface area contributed by atoms with Gasteiger partial charge in [-0.15, -0.1) is 0 Å². The molecule has 1 heterocycles. The lowest BCUT2D eigenvalue weighted by atomic mass is 10.1. The third-order valence-electron chi connectivity index (χ3n) is 3.24. The lowest BCUT2D eigenvalue weighted by molar-refractivity contribution is 0.388. The molecule has 2 rings (SSSR count). The van der Waals surface area contributed by atoms with Gasteiger partial charge in [-0.2, -0.15) is 11.8 Å². The van der Waals surface area contributed by atoms with Crippen LogP contribution in [0.15, 0.2) is 18.2 Å². The fourth-order valence-corrected chi connectivity index (χ4v) is 3.26. The molecule has 0 aliphatic carbocycles. The summed E-state index contributed by atoms with van der Waals surface area (Å²) in [6.45, 7) is 0.860. The van der Waals surface area contributed by atoms with Gasteiger partial charge in [0, 0.05) is 30.0 Å². The Morgan fingerprint density at radius 1 is 1.33 bits per heavy atom. The van der Waals surface area contributed by atoms with Crippen molar-refractivity contribution < 1.29 is 9.47 Å². The van der Waals surface area contributed by atoms with E-state index >= 15 is 0 Å². The van der Waals surface area contributed by atoms with E-state index in [9.17, 15) is 0 Å². The van der Waals surface area contributed by atoms with Gasteiger partial charge in [0.15, 0.2) is 0 Å². The smallest absolute Gasteiger partial charge is 0.127 e. The Morgan fingerprint density at radius 2 is 2.22 bits per heavy atom. The van der Waals surface area contributed by atoms with Gasteiger partial charge in [0.25, 0.3) is 0 Å². The Hall–Kier alpha value is -0.870. The molecule has 0 aromatic heterocycles. The normalized spacial score (nSPS) is 19.6. The summed E-state index contributed by atoms with van der Waals surface area (Å²) < 4.78 is 10.6. The van der Waals surface area contributed by atoms with Crippen LogP contribution in [0.3, 0.4) is 0 Å². The third kappa shape index (κ3) is 3.56. The molecular formula is C14H21NO2S. The number of thioether (sulfide) groups is 1. The molecule has 1 aromatic carbocycles. The highest BCUT2D eigenvalue weighted by Gasteiger charge is 2.14. The van der Waals surface area contributed by atoms with Crippen LogP contribution in [0.25, 0.3) is 0 Å². The van der Waals surface area contributed by atoms with Crippen LogP contribution in [0, 0.1) is 0 Å². The van der Waals surface area contributed by atoms with Crippen molar-refractivity contribution in [3.63, 3.8) is 0 Å². The van der Waals surface area contributed by atoms with E-state index in [2.05, 4.69) is 11.4 Å². The van der Waals surface area contributed by atoms with Crippen molar-refractivity contribution in [2.75, 3.05) is 25.7 Å². The zero-order valence-corrected chi connectivity index (χ0v) is 11.9. The van der Waals surface area contributed by atoms with E-state index in [0.29, 0.717) is 6.04 Å². The summed E-state index contributed by atoms with van der Waals surface area (Å²) in [5, 5.41) is 3.61. The van der Waals surface area contributed by atoms with Gasteiger partial charge in [0.05, 0.1) is 14.2 Å². The van der Waals surface area contributed by atoms with Crippen molar-refractivity contribution in [2.45, 2.75) is 25.4 Å². The van der Waals surface area contributed by atoms with Crippen molar-refractivity contribution in [1.82, 2.24) is 5.32 Å². The molecule has 1 fully saturated rings. The van der Waals surface area contributed by atoms with Crippen LogP contribution in [0.1, 0.15) is 18.4 Å². The van der Waals surface area contributed by atoms with E-state index in [-0.39, 0.29) is 0 Å². The lowest BCUT2D eigenvalue weighted by Crippen LogP contribution is -2.33. The first-order valence-corrected chi connectivity index (χ1v) is 7.51. The van der Waals surface area contributed by atoms with E-state index < -0.39 is 0 Å². The van der Waals surface area contributed by atoms with E-state index in [1.54, 1.807) is 14.2 Å². The second-order valence-corrected chi connectivity index (χ2v) is 5.62. The van der Waals surface area contributed by atoms with Crippen molar-refractivity contribution in [3.8, 4) is 11.5 Å². The van der Waals surface area contributed by atoms with Crippen LogP contribution in [-0.4, -0.2) is 31.8 Å². The van der Waals surface area contributed by atoms with Crippen LogP contribution >= 0.6 is 11.8 Å². The predicted octanol–water partition coefficient (Wildman–Crippen LogP) is 2.69. The molecule has 4 heteroatoms. The molecule has 0 amide bonds. The molecule has 18 heavy (non-hydrogen) atoms. The summed E-state index contributed by atoms with van der Waals surface area (Å²) in [5.74, 6) is 4.26. The Labute approximate surface area is 113 Å². The molecule has 1 atom stereocenters. The number of hydrogen-bond donors (Lipinski definition) is 1. The van der Waals surface area contributed by atoms with Crippen LogP contribution < -0.4 is 14.8 Å². The molecule has 0 bridgehead atoms. The summed E-state index contributed by atoms with van der Waals surface area (Å²) in [5.41, 5.74) is 1.19. The minimum atomic E-state index is 0.635. The van der Waals surface area contributed by atoms with Gasteiger partial charge in [-0.3, -0.25) is 0 Å². The molecule has 1 unspecified atom stereocenters. The van der Waals surface area contributed by atoms with E-state index in [1.165, 1.54) is 29.9 Å². The molecule has 1 aromatic rings. The van der Waals surface area contributed by atoms with Gasteiger partial charge in [0.1, 0.15) is 11.5 Å². The Bertz CT molecular complexity index is 378. The van der Waals surface area contributed by atoms with Gasteiger partial charge in [-0.1, -0.05) is 6.07 Å². The monoisotopic (exact) mass is 267 g/mol. The summed E-state index contributed by atoms with van der Waals surface area (Å²) >= 11 is 2.04. The van der Waals surface area contributed by atoms with Gasteiger partial charge in [-0.25, -0.2) is 0 Å². The van der Waals surface area contributed by atoms with Crippen molar-refractivity contribution in [2.24, 2.45) is 0 Å². The van der Waals surface area contributed by atoms with Crippen LogP contribution in [0.5, 0.6) is 11.5 Å². The minimum Gasteiger partial charge on any atom is -0.497 e. The second-order valence-electron chi connectivity index (χ2n) is 4.47. The Balaban J connectivity index is 1.95. The largest absolute Gasteiger partial charge is 0.497 e. The van der Waals surface area contributed by atoms with Gasteiger partial charge in [-0.05, 0) is 24.7 Å². The molecule has 100 valence electrons. The van der Waals surface area contributed by atoms with Gasteiger partial charge >= 0.3 is 0 Å². The SMILES string of the molecule is COc1ccc(CNC2CCCSC2)c(OC)c1. The quantitative estimate of drug-likeness (QED) is 0.888. The number of methoxy groups -OCH3 is 2. The molecule has 3 nitrogen and oxygen atoms in total. The van der Waals surface area contributed by atoms with Crippen LogP contribution in [0.4, 0.5) is 0 Å². The van der Waals surface area contributed by atoms with Crippen LogP contribution in [-0.2, 0) is 6.54 Å². The first-order chi connectivity index (χ1) is 8.83. The molecule has 0 spiro atoms. The molecule has 1 aliphatic heterocycles. The first kappa shape index (κ1) is 13.6. The maximum Gasteiger partial charge on any atom is 0.127 e. The number of rotatable bonds is 5. The van der Waals surface area contributed by atoms with Crippen molar-refractivity contribution >= 4 is 11.8 Å². The van der Waals surface area contributed by atoms with Crippen LogP contribution in [0.2, 0.25) is 0 Å². The Morgan fingerprint density at radius 3 is 2.89 bits per heavy atom. The highest BCUT2D eigenvalue weighted by molar-refractivity contribution is 7.99. The number of hydrogen-bond acceptors (Lipinski definition) is 4. The maximum absolute atomic E-state index is 5.40. The van der Waals surface area contributed by atoms with E-state index in [4.69, 9.17) is 9.47 Å². The maximum atomic E-state index is 5.40. The summed E-state index contributed by atoms with van der Waals surface area (Å²) in [7, 11) is 3.38. The van der Waals surface area contributed by atoms with E-state index in [0.717, 1.165) is 18.0 Å². The minimum absolute atomic E-state index is 0.635. The molecule has 0 radical (unpaired) electrons. The summed E-state index contributed by atoms with van der Waals surface area (Å²) in [4.78, 5) is 0. The highest BCUT2D eigenvalue weighted by Crippen LogP contribution is 2.25. The molecule has 1 N–H and O–H groups in total. The van der Waals surface area contributed by atoms with Crippen molar-refractivity contribution in [1.29, 1.82) is 0 Å². The van der Waals surface area contributed by atoms with E-state index in [1.807, 2.05) is 23.9 Å². The number of ether oxygens (including phenoxy) is 2. The number of nitrogens with one attached hydrogen (secondary N) is 1.